The van der Waals surface area contributed by atoms with E-state index in [1.165, 1.54) is 77.0 Å². The molecule has 0 N–H and O–H groups in total. The fraction of sp³-hybridized carbons (Fsp3) is 0.895. The van der Waals surface area contributed by atoms with Crippen molar-refractivity contribution < 1.29 is 0 Å². The van der Waals surface area contributed by atoms with E-state index >= 15 is 0 Å². The average molecular weight is 267 g/mol. The molecule has 0 nitrogen and oxygen atoms in total. The molecule has 0 fully saturated rings. The van der Waals surface area contributed by atoms with Crippen LogP contribution < -0.4 is 0 Å². The van der Waals surface area contributed by atoms with Crippen molar-refractivity contribution in [2.24, 2.45) is 5.41 Å². The number of hydrogen-bond donors (Lipinski definition) is 0. The van der Waals surface area contributed by atoms with Gasteiger partial charge in [0.1, 0.15) is 0 Å². The lowest BCUT2D eigenvalue weighted by atomic mass is 9.89. The van der Waals surface area contributed by atoms with Crippen molar-refractivity contribution in [3.05, 3.63) is 12.2 Å². The van der Waals surface area contributed by atoms with Gasteiger partial charge in [0, 0.05) is 0 Å². The summed E-state index contributed by atoms with van der Waals surface area (Å²) in [7, 11) is 0. The van der Waals surface area contributed by atoms with Crippen LogP contribution in [0.25, 0.3) is 0 Å². The molecule has 0 aliphatic carbocycles. The molecule has 0 rings (SSSR count). The summed E-state index contributed by atoms with van der Waals surface area (Å²) in [5.74, 6) is 0. The van der Waals surface area contributed by atoms with E-state index in [0.29, 0.717) is 5.41 Å². The van der Waals surface area contributed by atoms with Crippen LogP contribution in [-0.4, -0.2) is 0 Å². The van der Waals surface area contributed by atoms with E-state index in [1.807, 2.05) is 0 Å². The Kier molecular flexibility index (Phi) is 12.6. The van der Waals surface area contributed by atoms with Crippen molar-refractivity contribution in [1.82, 2.24) is 0 Å². The van der Waals surface area contributed by atoms with Gasteiger partial charge in [0.2, 0.25) is 0 Å². The molecule has 0 aromatic carbocycles. The molecule has 0 saturated carbocycles. The largest absolute Gasteiger partial charge is 0.0885 e. The van der Waals surface area contributed by atoms with E-state index in [9.17, 15) is 0 Å². The molecule has 0 atom stereocenters. The minimum atomic E-state index is 0.528. The lowest BCUT2D eigenvalue weighted by Crippen LogP contribution is -2.03. The molecule has 0 aliphatic rings. The highest BCUT2D eigenvalue weighted by Crippen LogP contribution is 2.22. The van der Waals surface area contributed by atoms with Crippen molar-refractivity contribution in [1.29, 1.82) is 0 Å². The van der Waals surface area contributed by atoms with Crippen molar-refractivity contribution >= 4 is 0 Å². The Hall–Kier alpha value is -0.260. The molecule has 0 aliphatic heterocycles. The second kappa shape index (κ2) is 12.8. The fourth-order valence-electron chi connectivity index (χ4n) is 2.37. The quantitative estimate of drug-likeness (QED) is 0.257. The summed E-state index contributed by atoms with van der Waals surface area (Å²) in [6.45, 7) is 9.31. The zero-order chi connectivity index (χ0) is 14.4. The van der Waals surface area contributed by atoms with Gasteiger partial charge in [-0.3, -0.25) is 0 Å². The highest BCUT2D eigenvalue weighted by atomic mass is 14.1. The van der Waals surface area contributed by atoms with Gasteiger partial charge in [-0.15, -0.1) is 0 Å². The summed E-state index contributed by atoms with van der Waals surface area (Å²) in [6.07, 6.45) is 21.4. The van der Waals surface area contributed by atoms with Crippen molar-refractivity contribution in [2.75, 3.05) is 0 Å². The molecule has 0 aromatic heterocycles. The van der Waals surface area contributed by atoms with E-state index < -0.39 is 0 Å². The monoisotopic (exact) mass is 266 g/mol. The number of rotatable bonds is 12. The topological polar surface area (TPSA) is 0 Å². The van der Waals surface area contributed by atoms with Crippen LogP contribution in [-0.2, 0) is 0 Å². The molecule has 0 aromatic rings. The molecular formula is C19H38. The molecule has 0 heteroatoms. The summed E-state index contributed by atoms with van der Waals surface area (Å²) in [5, 5.41) is 0. The molecule has 0 amide bonds. The minimum Gasteiger partial charge on any atom is -0.0885 e. The first-order valence-electron chi connectivity index (χ1n) is 8.71. The molecule has 0 spiro atoms. The zero-order valence-electron chi connectivity index (χ0n) is 14.1. The zero-order valence-corrected chi connectivity index (χ0v) is 14.1. The Labute approximate surface area is 123 Å². The van der Waals surface area contributed by atoms with Gasteiger partial charge in [0.15, 0.2) is 0 Å². The van der Waals surface area contributed by atoms with Gasteiger partial charge in [0.05, 0.1) is 0 Å². The molecule has 0 heterocycles. The van der Waals surface area contributed by atoms with E-state index in [-0.39, 0.29) is 0 Å². The van der Waals surface area contributed by atoms with Gasteiger partial charge in [-0.1, -0.05) is 84.8 Å². The number of allylic oxidation sites excluding steroid dienone is 2. The van der Waals surface area contributed by atoms with Crippen LogP contribution in [0.4, 0.5) is 0 Å². The van der Waals surface area contributed by atoms with Crippen LogP contribution in [0.1, 0.15) is 105 Å². The highest BCUT2D eigenvalue weighted by Gasteiger charge is 2.08. The Morgan fingerprint density at radius 1 is 0.632 bits per heavy atom. The number of hydrogen-bond acceptors (Lipinski definition) is 0. The molecule has 0 bridgehead atoms. The first-order valence-corrected chi connectivity index (χ1v) is 8.71. The van der Waals surface area contributed by atoms with Gasteiger partial charge in [-0.25, -0.2) is 0 Å². The molecule has 0 radical (unpaired) electrons. The van der Waals surface area contributed by atoms with Crippen LogP contribution in [0.15, 0.2) is 12.2 Å². The molecule has 0 saturated heterocycles. The summed E-state index contributed by atoms with van der Waals surface area (Å²) in [5.41, 5.74) is 0.528. The van der Waals surface area contributed by atoms with Crippen LogP contribution in [0.5, 0.6) is 0 Å². The van der Waals surface area contributed by atoms with Crippen LogP contribution >= 0.6 is 0 Å². The van der Waals surface area contributed by atoms with Gasteiger partial charge in [0.25, 0.3) is 0 Å². The Balaban J connectivity index is 3.12. The Morgan fingerprint density at radius 3 is 1.63 bits per heavy atom. The second-order valence-electron chi connectivity index (χ2n) is 7.19. The summed E-state index contributed by atoms with van der Waals surface area (Å²) >= 11 is 0. The predicted octanol–water partition coefficient (Wildman–Crippen LogP) is 7.29. The van der Waals surface area contributed by atoms with Crippen molar-refractivity contribution in [3.8, 4) is 0 Å². The minimum absolute atomic E-state index is 0.528. The summed E-state index contributed by atoms with van der Waals surface area (Å²) in [6, 6.07) is 0. The van der Waals surface area contributed by atoms with Crippen LogP contribution in [0.3, 0.4) is 0 Å². The predicted molar refractivity (Wildman–Crippen MR) is 89.7 cm³/mol. The maximum Gasteiger partial charge on any atom is -0.0351 e. The number of unbranched alkanes of at least 4 members (excludes halogenated alkanes) is 9. The van der Waals surface area contributed by atoms with Crippen molar-refractivity contribution in [2.45, 2.75) is 105 Å². The average Bonchev–Trinajstić information content (AvgIpc) is 2.34. The lowest BCUT2D eigenvalue weighted by molar-refractivity contribution is 0.356. The maximum absolute atomic E-state index is 2.40. The van der Waals surface area contributed by atoms with E-state index in [0.717, 1.165) is 0 Å². The normalized spacial score (nSPS) is 12.4. The second-order valence-corrected chi connectivity index (χ2v) is 7.19. The fourth-order valence-corrected chi connectivity index (χ4v) is 2.37. The maximum atomic E-state index is 2.40. The first-order chi connectivity index (χ1) is 9.06. The third kappa shape index (κ3) is 17.7. The summed E-state index contributed by atoms with van der Waals surface area (Å²) < 4.78 is 0. The van der Waals surface area contributed by atoms with Gasteiger partial charge < -0.3 is 0 Å². The van der Waals surface area contributed by atoms with E-state index in [2.05, 4.69) is 39.8 Å². The van der Waals surface area contributed by atoms with Crippen molar-refractivity contribution in [3.63, 3.8) is 0 Å². The first kappa shape index (κ1) is 18.7. The van der Waals surface area contributed by atoms with Crippen LogP contribution in [0.2, 0.25) is 0 Å². The lowest BCUT2D eigenvalue weighted by Gasteiger charge is -2.17. The third-order valence-electron chi connectivity index (χ3n) is 3.69. The smallest absolute Gasteiger partial charge is 0.0351 e. The molecule has 0 unspecified atom stereocenters. The SMILES string of the molecule is CCCCCCC=CCCCCCCCC(C)(C)C. The molecule has 114 valence electrons. The van der Waals surface area contributed by atoms with Crippen LogP contribution in [0, 0.1) is 5.41 Å². The highest BCUT2D eigenvalue weighted by molar-refractivity contribution is 4.81. The van der Waals surface area contributed by atoms with Gasteiger partial charge in [-0.2, -0.15) is 0 Å². The molecular weight excluding hydrogens is 228 g/mol. The Bertz CT molecular complexity index is 195. The third-order valence-corrected chi connectivity index (χ3v) is 3.69. The summed E-state index contributed by atoms with van der Waals surface area (Å²) in [4.78, 5) is 0. The van der Waals surface area contributed by atoms with E-state index in [4.69, 9.17) is 0 Å². The Morgan fingerprint density at radius 2 is 1.11 bits per heavy atom. The van der Waals surface area contributed by atoms with Gasteiger partial charge in [-0.05, 0) is 37.5 Å². The standard InChI is InChI=1S/C19H38/c1-5-6-7-8-9-10-11-12-13-14-15-16-17-18-19(2,3)4/h10-11H,5-9,12-18H2,1-4H3. The molecule has 19 heavy (non-hydrogen) atoms. The van der Waals surface area contributed by atoms with Gasteiger partial charge >= 0.3 is 0 Å². The van der Waals surface area contributed by atoms with E-state index in [1.54, 1.807) is 0 Å².